The Bertz CT molecular complexity index is 248. The average molecular weight is 169 g/mol. The minimum absolute atomic E-state index is 0.203. The molecule has 0 heterocycles. The van der Waals surface area contributed by atoms with Gasteiger partial charge in [-0.15, -0.1) is 0 Å². The van der Waals surface area contributed by atoms with E-state index in [0.29, 0.717) is 5.69 Å². The van der Waals surface area contributed by atoms with Gasteiger partial charge in [-0.05, 0) is 18.2 Å². The normalized spacial score (nSPS) is 9.27. The van der Waals surface area contributed by atoms with Gasteiger partial charge in [-0.25, -0.2) is 4.42 Å². The Hall–Kier alpha value is -1.02. The highest BCUT2D eigenvalue weighted by Crippen LogP contribution is 2.14. The Morgan fingerprint density at radius 2 is 2.45 bits per heavy atom. The van der Waals surface area contributed by atoms with Crippen molar-refractivity contribution in [2.45, 2.75) is 6.92 Å². The maximum absolute atomic E-state index is 10.7. The molecule has 0 N–H and O–H groups in total. The second-order valence-electron chi connectivity index (χ2n) is 2.06. The van der Waals surface area contributed by atoms with E-state index >= 15 is 0 Å². The number of hydrogen-bond donors (Lipinski definition) is 0. The summed E-state index contributed by atoms with van der Waals surface area (Å²) in [6.45, 7) is 1.40. The van der Waals surface area contributed by atoms with Crippen LogP contribution in [0.5, 0.6) is 0 Å². The Morgan fingerprint density at radius 1 is 1.73 bits per heavy atom. The summed E-state index contributed by atoms with van der Waals surface area (Å²) in [7, 11) is 0. The van der Waals surface area contributed by atoms with Crippen LogP contribution >= 0.6 is 11.8 Å². The van der Waals surface area contributed by atoms with Crippen LogP contribution in [0, 0.1) is 6.07 Å². The highest BCUT2D eigenvalue weighted by atomic mass is 35.5. The van der Waals surface area contributed by atoms with Gasteiger partial charge in [0, 0.05) is 18.7 Å². The van der Waals surface area contributed by atoms with E-state index in [1.807, 2.05) is 0 Å². The first-order chi connectivity index (χ1) is 5.22. The molecule has 0 bridgehead atoms. The summed E-state index contributed by atoms with van der Waals surface area (Å²) in [4.78, 5) is 10.7. The van der Waals surface area contributed by atoms with Gasteiger partial charge in [0.1, 0.15) is 0 Å². The monoisotopic (exact) mass is 168 g/mol. The van der Waals surface area contributed by atoms with Crippen molar-refractivity contribution in [2.75, 3.05) is 4.42 Å². The lowest BCUT2D eigenvalue weighted by Gasteiger charge is -2.09. The number of halogens is 1. The molecule has 0 fully saturated rings. The largest absolute Gasteiger partial charge is 0.274 e. The lowest BCUT2D eigenvalue weighted by atomic mass is 10.3. The van der Waals surface area contributed by atoms with Crippen LogP contribution in [0.15, 0.2) is 24.3 Å². The van der Waals surface area contributed by atoms with E-state index in [4.69, 9.17) is 11.8 Å². The van der Waals surface area contributed by atoms with Crippen molar-refractivity contribution in [3.05, 3.63) is 30.3 Å². The molecule has 0 aliphatic heterocycles. The third kappa shape index (κ3) is 1.95. The topological polar surface area (TPSA) is 20.3 Å². The summed E-state index contributed by atoms with van der Waals surface area (Å²) in [6.07, 6.45) is 0. The molecule has 0 spiro atoms. The van der Waals surface area contributed by atoms with E-state index in [1.54, 1.807) is 24.3 Å². The smallest absolute Gasteiger partial charge is 0.238 e. The number of anilines is 1. The van der Waals surface area contributed by atoms with E-state index in [1.165, 1.54) is 6.92 Å². The second-order valence-corrected chi connectivity index (χ2v) is 2.40. The zero-order valence-electron chi connectivity index (χ0n) is 6.04. The number of nitrogens with zero attached hydrogens (tertiary/aromatic N) is 1. The van der Waals surface area contributed by atoms with Gasteiger partial charge >= 0.3 is 0 Å². The fourth-order valence-corrected chi connectivity index (χ4v) is 0.793. The Kier molecular flexibility index (Phi) is 2.49. The van der Waals surface area contributed by atoms with Crippen molar-refractivity contribution in [1.29, 1.82) is 0 Å². The number of benzene rings is 1. The first kappa shape index (κ1) is 8.08. The quantitative estimate of drug-likeness (QED) is 0.588. The van der Waals surface area contributed by atoms with E-state index < -0.39 is 0 Å². The lowest BCUT2D eigenvalue weighted by molar-refractivity contribution is -0.115. The molecule has 57 valence electrons. The van der Waals surface area contributed by atoms with Gasteiger partial charge < -0.3 is 0 Å². The minimum atomic E-state index is -0.203. The fourth-order valence-electron chi connectivity index (χ4n) is 0.688. The summed E-state index contributed by atoms with van der Waals surface area (Å²) in [6, 6.07) is 9.72. The third-order valence-corrected chi connectivity index (χ3v) is 1.63. The molecule has 0 saturated carbocycles. The Morgan fingerprint density at radius 3 is 2.91 bits per heavy atom. The summed E-state index contributed by atoms with van der Waals surface area (Å²) in [5.41, 5.74) is 0.640. The number of carbonyl (C=O) groups excluding carboxylic acids is 1. The number of amides is 1. The van der Waals surface area contributed by atoms with Gasteiger partial charge in [0.15, 0.2) is 0 Å². The SMILES string of the molecule is CC(=O)N(Cl)c1c[c]ccc1. The van der Waals surface area contributed by atoms with E-state index in [9.17, 15) is 4.79 Å². The highest BCUT2D eigenvalue weighted by molar-refractivity contribution is 6.36. The zero-order chi connectivity index (χ0) is 8.27. The molecule has 0 saturated heterocycles. The van der Waals surface area contributed by atoms with E-state index in [0.717, 1.165) is 4.42 Å². The second kappa shape index (κ2) is 3.39. The maximum atomic E-state index is 10.7. The average Bonchev–Trinajstić information content (AvgIpc) is 2.05. The van der Waals surface area contributed by atoms with Crippen molar-refractivity contribution >= 4 is 23.4 Å². The Labute approximate surface area is 70.5 Å². The van der Waals surface area contributed by atoms with Crippen molar-refractivity contribution in [3.8, 4) is 0 Å². The van der Waals surface area contributed by atoms with Crippen LogP contribution < -0.4 is 4.42 Å². The van der Waals surface area contributed by atoms with Crippen LogP contribution in [-0.2, 0) is 4.79 Å². The molecule has 0 aliphatic carbocycles. The van der Waals surface area contributed by atoms with Crippen LogP contribution in [0.2, 0.25) is 0 Å². The van der Waals surface area contributed by atoms with Crippen molar-refractivity contribution in [2.24, 2.45) is 0 Å². The third-order valence-electron chi connectivity index (χ3n) is 1.19. The van der Waals surface area contributed by atoms with Crippen LogP contribution in [0.3, 0.4) is 0 Å². The molecule has 0 unspecified atom stereocenters. The minimum Gasteiger partial charge on any atom is -0.274 e. The Balaban J connectivity index is 2.85. The van der Waals surface area contributed by atoms with Gasteiger partial charge in [0.2, 0.25) is 5.91 Å². The van der Waals surface area contributed by atoms with Gasteiger partial charge in [-0.3, -0.25) is 4.79 Å². The van der Waals surface area contributed by atoms with Gasteiger partial charge in [0.05, 0.1) is 5.69 Å². The molecule has 0 aliphatic rings. The van der Waals surface area contributed by atoms with Gasteiger partial charge in [-0.1, -0.05) is 12.1 Å². The number of rotatable bonds is 1. The van der Waals surface area contributed by atoms with Crippen LogP contribution in [-0.4, -0.2) is 5.91 Å². The van der Waals surface area contributed by atoms with Crippen LogP contribution in [0.25, 0.3) is 0 Å². The molecule has 3 heteroatoms. The summed E-state index contributed by atoms with van der Waals surface area (Å²) in [5, 5.41) is 0. The predicted octanol–water partition coefficient (Wildman–Crippen LogP) is 1.99. The number of carbonyl (C=O) groups is 1. The number of hydrogen-bond acceptors (Lipinski definition) is 1. The summed E-state index contributed by atoms with van der Waals surface area (Å²) in [5.74, 6) is -0.203. The highest BCUT2D eigenvalue weighted by Gasteiger charge is 2.05. The zero-order valence-corrected chi connectivity index (χ0v) is 6.80. The van der Waals surface area contributed by atoms with Crippen molar-refractivity contribution < 1.29 is 4.79 Å². The molecule has 2 nitrogen and oxygen atoms in total. The van der Waals surface area contributed by atoms with Gasteiger partial charge in [0.25, 0.3) is 0 Å². The molecule has 1 aromatic rings. The molecule has 1 radical (unpaired) electrons. The van der Waals surface area contributed by atoms with E-state index in [-0.39, 0.29) is 5.91 Å². The standard InChI is InChI=1S/C8H7ClNO/c1-7(11)10(9)8-5-3-2-4-6-8/h2-3,5-6H,1H3. The van der Waals surface area contributed by atoms with Crippen molar-refractivity contribution in [1.82, 2.24) is 0 Å². The first-order valence-corrected chi connectivity index (χ1v) is 3.48. The van der Waals surface area contributed by atoms with E-state index in [2.05, 4.69) is 6.07 Å². The fraction of sp³-hybridized carbons (Fsp3) is 0.125. The molecule has 0 atom stereocenters. The molecule has 1 aromatic carbocycles. The summed E-state index contributed by atoms with van der Waals surface area (Å²) >= 11 is 5.60. The van der Waals surface area contributed by atoms with Crippen LogP contribution in [0.4, 0.5) is 5.69 Å². The lowest BCUT2D eigenvalue weighted by Crippen LogP contribution is -2.15. The molecular formula is C8H7ClNO. The molecule has 1 rings (SSSR count). The van der Waals surface area contributed by atoms with Crippen LogP contribution in [0.1, 0.15) is 6.92 Å². The molecule has 0 aromatic heterocycles. The molecule has 1 amide bonds. The van der Waals surface area contributed by atoms with Crippen molar-refractivity contribution in [3.63, 3.8) is 0 Å². The first-order valence-electron chi connectivity index (χ1n) is 3.14. The maximum Gasteiger partial charge on any atom is 0.238 e. The summed E-state index contributed by atoms with van der Waals surface area (Å²) < 4.78 is 1.05. The molecule has 11 heavy (non-hydrogen) atoms. The molecular weight excluding hydrogens is 162 g/mol. The van der Waals surface area contributed by atoms with Gasteiger partial charge in [-0.2, -0.15) is 0 Å². The predicted molar refractivity (Wildman–Crippen MR) is 44.3 cm³/mol.